The number of nitrogens with zero attached hydrogens (tertiary/aromatic N) is 1. The SMILES string of the molecule is O=S1(=O)CCNC(c2cscn2)C1. The molecule has 72 valence electrons. The molecule has 1 aliphatic heterocycles. The quantitative estimate of drug-likeness (QED) is 0.731. The van der Waals surface area contributed by atoms with Gasteiger partial charge < -0.3 is 5.32 Å². The first-order chi connectivity index (χ1) is 6.17. The Labute approximate surface area is 80.9 Å². The van der Waals surface area contributed by atoms with Crippen molar-refractivity contribution in [2.45, 2.75) is 6.04 Å². The maximum absolute atomic E-state index is 11.3. The van der Waals surface area contributed by atoms with Gasteiger partial charge in [-0.3, -0.25) is 0 Å². The lowest BCUT2D eigenvalue weighted by atomic mass is 10.2. The highest BCUT2D eigenvalue weighted by Gasteiger charge is 2.26. The van der Waals surface area contributed by atoms with E-state index in [4.69, 9.17) is 0 Å². The number of aromatic nitrogens is 1. The fourth-order valence-electron chi connectivity index (χ4n) is 1.37. The van der Waals surface area contributed by atoms with Crippen molar-refractivity contribution in [3.8, 4) is 0 Å². The summed E-state index contributed by atoms with van der Waals surface area (Å²) in [5.74, 6) is 0.421. The largest absolute Gasteiger partial charge is 0.307 e. The fourth-order valence-corrected chi connectivity index (χ4v) is 3.37. The maximum Gasteiger partial charge on any atom is 0.153 e. The van der Waals surface area contributed by atoms with Gasteiger partial charge in [-0.2, -0.15) is 0 Å². The number of hydrogen-bond acceptors (Lipinski definition) is 5. The van der Waals surface area contributed by atoms with Crippen LogP contribution in [0.25, 0.3) is 0 Å². The summed E-state index contributed by atoms with van der Waals surface area (Å²) in [5.41, 5.74) is 2.56. The van der Waals surface area contributed by atoms with Crippen molar-refractivity contribution < 1.29 is 8.42 Å². The zero-order valence-corrected chi connectivity index (χ0v) is 8.57. The number of nitrogens with one attached hydrogen (secondary N) is 1. The summed E-state index contributed by atoms with van der Waals surface area (Å²) in [5, 5.41) is 5.03. The van der Waals surface area contributed by atoms with Crippen molar-refractivity contribution in [2.75, 3.05) is 18.1 Å². The lowest BCUT2D eigenvalue weighted by Crippen LogP contribution is -2.39. The second kappa shape index (κ2) is 3.36. The molecule has 1 N–H and O–H groups in total. The van der Waals surface area contributed by atoms with Crippen LogP contribution in [0.2, 0.25) is 0 Å². The van der Waals surface area contributed by atoms with Crippen LogP contribution in [0.5, 0.6) is 0 Å². The van der Waals surface area contributed by atoms with Gasteiger partial charge in [0, 0.05) is 11.9 Å². The van der Waals surface area contributed by atoms with Gasteiger partial charge in [0.25, 0.3) is 0 Å². The summed E-state index contributed by atoms with van der Waals surface area (Å²) in [7, 11) is -2.86. The third kappa shape index (κ3) is 2.07. The standard InChI is InChI=1S/C7H10N2O2S2/c10-13(11)2-1-8-7(4-13)6-3-12-5-9-6/h3,5,7-8H,1-2,4H2. The van der Waals surface area contributed by atoms with Crippen LogP contribution in [0.1, 0.15) is 11.7 Å². The number of rotatable bonds is 1. The maximum atomic E-state index is 11.3. The van der Waals surface area contributed by atoms with Crippen molar-refractivity contribution in [1.82, 2.24) is 10.3 Å². The molecule has 1 aromatic heterocycles. The summed E-state index contributed by atoms with van der Waals surface area (Å²) < 4.78 is 22.6. The number of sulfone groups is 1. The first-order valence-corrected chi connectivity index (χ1v) is 6.76. The van der Waals surface area contributed by atoms with Crippen LogP contribution in [-0.2, 0) is 9.84 Å². The average molecular weight is 218 g/mol. The van der Waals surface area contributed by atoms with E-state index < -0.39 is 9.84 Å². The minimum atomic E-state index is -2.86. The average Bonchev–Trinajstić information content (AvgIpc) is 2.53. The van der Waals surface area contributed by atoms with Gasteiger partial charge in [-0.1, -0.05) is 0 Å². The minimum absolute atomic E-state index is 0.106. The van der Waals surface area contributed by atoms with Gasteiger partial charge >= 0.3 is 0 Å². The van der Waals surface area contributed by atoms with E-state index in [-0.39, 0.29) is 17.5 Å². The van der Waals surface area contributed by atoms with Crippen LogP contribution in [0.4, 0.5) is 0 Å². The molecule has 1 aromatic rings. The molecular weight excluding hydrogens is 208 g/mol. The molecule has 0 aromatic carbocycles. The lowest BCUT2D eigenvalue weighted by Gasteiger charge is -2.21. The molecule has 6 heteroatoms. The highest BCUT2D eigenvalue weighted by atomic mass is 32.2. The van der Waals surface area contributed by atoms with Crippen LogP contribution in [0.3, 0.4) is 0 Å². The normalized spacial score (nSPS) is 27.2. The summed E-state index contributed by atoms with van der Waals surface area (Å²) in [6, 6.07) is -0.106. The smallest absolute Gasteiger partial charge is 0.153 e. The molecule has 1 unspecified atom stereocenters. The molecule has 1 aliphatic rings. The van der Waals surface area contributed by atoms with E-state index in [1.54, 1.807) is 5.51 Å². The molecule has 2 rings (SSSR count). The molecule has 1 atom stereocenters. The third-order valence-electron chi connectivity index (χ3n) is 2.03. The summed E-state index contributed by atoms with van der Waals surface area (Å²) in [6.45, 7) is 0.532. The zero-order chi connectivity index (χ0) is 9.31. The first kappa shape index (κ1) is 9.11. The van der Waals surface area contributed by atoms with Crippen LogP contribution in [-0.4, -0.2) is 31.5 Å². The van der Waals surface area contributed by atoms with Crippen LogP contribution < -0.4 is 5.32 Å². The Balaban J connectivity index is 2.18. The monoisotopic (exact) mass is 218 g/mol. The van der Waals surface area contributed by atoms with E-state index in [2.05, 4.69) is 10.3 Å². The molecule has 13 heavy (non-hydrogen) atoms. The minimum Gasteiger partial charge on any atom is -0.307 e. The van der Waals surface area contributed by atoms with Gasteiger partial charge in [-0.25, -0.2) is 13.4 Å². The number of thiazole rings is 1. The molecule has 2 heterocycles. The molecule has 4 nitrogen and oxygen atoms in total. The van der Waals surface area contributed by atoms with E-state index in [1.165, 1.54) is 11.3 Å². The van der Waals surface area contributed by atoms with Gasteiger partial charge in [0.15, 0.2) is 9.84 Å². The molecule has 1 fully saturated rings. The van der Waals surface area contributed by atoms with E-state index >= 15 is 0 Å². The second-order valence-electron chi connectivity index (χ2n) is 3.03. The van der Waals surface area contributed by atoms with Crippen molar-refractivity contribution in [3.05, 3.63) is 16.6 Å². The highest BCUT2D eigenvalue weighted by molar-refractivity contribution is 7.91. The summed E-state index contributed by atoms with van der Waals surface area (Å²) in [6.07, 6.45) is 0. The van der Waals surface area contributed by atoms with E-state index in [1.807, 2.05) is 5.38 Å². The van der Waals surface area contributed by atoms with Crippen LogP contribution in [0, 0.1) is 0 Å². The molecule has 0 radical (unpaired) electrons. The Morgan fingerprint density at radius 1 is 1.62 bits per heavy atom. The van der Waals surface area contributed by atoms with E-state index in [0.717, 1.165) is 5.69 Å². The van der Waals surface area contributed by atoms with Crippen LogP contribution >= 0.6 is 11.3 Å². The third-order valence-corrected chi connectivity index (χ3v) is 4.30. The van der Waals surface area contributed by atoms with Crippen molar-refractivity contribution >= 4 is 21.2 Å². The molecule has 0 saturated carbocycles. The molecule has 0 spiro atoms. The molecule has 0 bridgehead atoms. The Kier molecular flexibility index (Phi) is 2.35. The van der Waals surface area contributed by atoms with Gasteiger partial charge in [-0.05, 0) is 0 Å². The zero-order valence-electron chi connectivity index (χ0n) is 6.93. The van der Waals surface area contributed by atoms with Gasteiger partial charge in [0.2, 0.25) is 0 Å². The fraction of sp³-hybridized carbons (Fsp3) is 0.571. The van der Waals surface area contributed by atoms with E-state index in [9.17, 15) is 8.42 Å². The van der Waals surface area contributed by atoms with Crippen molar-refractivity contribution in [1.29, 1.82) is 0 Å². The predicted molar refractivity (Wildman–Crippen MR) is 51.5 cm³/mol. The van der Waals surface area contributed by atoms with Crippen LogP contribution in [0.15, 0.2) is 10.9 Å². The van der Waals surface area contributed by atoms with Crippen molar-refractivity contribution in [3.63, 3.8) is 0 Å². The Morgan fingerprint density at radius 3 is 3.08 bits per heavy atom. The predicted octanol–water partition coefficient (Wildman–Crippen LogP) is 0.202. The van der Waals surface area contributed by atoms with Crippen molar-refractivity contribution in [2.24, 2.45) is 0 Å². The second-order valence-corrected chi connectivity index (χ2v) is 5.98. The van der Waals surface area contributed by atoms with E-state index in [0.29, 0.717) is 6.54 Å². The van der Waals surface area contributed by atoms with Gasteiger partial charge in [0.1, 0.15) is 0 Å². The number of hydrogen-bond donors (Lipinski definition) is 1. The molecule has 0 aliphatic carbocycles. The van der Waals surface area contributed by atoms with Gasteiger partial charge in [0.05, 0.1) is 28.8 Å². The Hall–Kier alpha value is -0.460. The highest BCUT2D eigenvalue weighted by Crippen LogP contribution is 2.17. The molecule has 1 saturated heterocycles. The summed E-state index contributed by atoms with van der Waals surface area (Å²) >= 11 is 1.49. The molecular formula is C7H10N2O2S2. The topological polar surface area (TPSA) is 59.1 Å². The molecule has 0 amide bonds. The summed E-state index contributed by atoms with van der Waals surface area (Å²) in [4.78, 5) is 4.10. The lowest BCUT2D eigenvalue weighted by molar-refractivity contribution is 0.525. The Morgan fingerprint density at radius 2 is 2.46 bits per heavy atom. The Bertz CT molecular complexity index is 371. The van der Waals surface area contributed by atoms with Gasteiger partial charge in [-0.15, -0.1) is 11.3 Å². The first-order valence-electron chi connectivity index (χ1n) is 3.99.